The van der Waals surface area contributed by atoms with Crippen molar-refractivity contribution in [2.24, 2.45) is 0 Å². The van der Waals surface area contributed by atoms with Gasteiger partial charge in [0.25, 0.3) is 0 Å². The summed E-state index contributed by atoms with van der Waals surface area (Å²) in [5, 5.41) is 30.9. The lowest BCUT2D eigenvalue weighted by Gasteiger charge is -2.41. The SMILES string of the molecule is CCCCCCC/C=C\C/C=C\CCCCCCCCCCCCCCCCOCC(COC1OC(CO)C(O)C(OS(=O)(=O)O)C1O)OC(=O)CCCCCCCCCCCCCCCCCCCCCCC. The first-order valence-corrected chi connectivity index (χ1v) is 32.5. The van der Waals surface area contributed by atoms with Gasteiger partial charge in [-0.25, -0.2) is 4.18 Å². The predicted molar refractivity (Wildman–Crippen MR) is 304 cm³/mol. The van der Waals surface area contributed by atoms with Crippen molar-refractivity contribution in [3.63, 3.8) is 0 Å². The molecule has 0 radical (unpaired) electrons. The molecule has 1 saturated heterocycles. The van der Waals surface area contributed by atoms with Crippen LogP contribution in [0.3, 0.4) is 0 Å². The Balaban J connectivity index is 2.24. The summed E-state index contributed by atoms with van der Waals surface area (Å²) in [7, 11) is -5.07. The summed E-state index contributed by atoms with van der Waals surface area (Å²) in [5.74, 6) is -0.391. The molecule has 0 aromatic carbocycles. The van der Waals surface area contributed by atoms with Crippen LogP contribution in [-0.4, -0.2) is 97.5 Å². The van der Waals surface area contributed by atoms with Crippen LogP contribution in [0.5, 0.6) is 0 Å². The molecule has 0 aromatic rings. The Morgan fingerprint density at radius 2 is 0.892 bits per heavy atom. The highest BCUT2D eigenvalue weighted by molar-refractivity contribution is 7.80. The number of aliphatic hydroxyl groups excluding tert-OH is 3. The summed E-state index contributed by atoms with van der Waals surface area (Å²) in [5.41, 5.74) is 0. The van der Waals surface area contributed by atoms with Gasteiger partial charge in [0.2, 0.25) is 0 Å². The minimum Gasteiger partial charge on any atom is -0.457 e. The van der Waals surface area contributed by atoms with E-state index in [0.29, 0.717) is 13.0 Å². The van der Waals surface area contributed by atoms with Crippen LogP contribution >= 0.6 is 0 Å². The fourth-order valence-corrected chi connectivity index (χ4v) is 10.4. The number of carbonyl (C=O) groups excluding carboxylic acids is 1. The molecule has 1 rings (SSSR count). The number of carbonyl (C=O) groups is 1. The highest BCUT2D eigenvalue weighted by atomic mass is 32.3. The van der Waals surface area contributed by atoms with Crippen LogP contribution in [0, 0.1) is 0 Å². The standard InChI is InChI=1S/C61H116O12S/c1-3-5-7-9-11-13-15-17-19-21-23-25-26-27-28-29-31-33-35-37-39-41-43-45-47-49-51-69-53-55(54-70-61-59(65)60(73-74(66,67)68)58(64)56(52-62)72-61)71-57(63)50-48-46-44-42-40-38-36-34-32-30-24-22-20-18-16-14-12-10-8-6-4-2/h15,17,21,23,55-56,58-62,64-65H,3-14,16,18-20,22,24-54H2,1-2H3,(H,66,67,68)/b17-15-,23-21-. The van der Waals surface area contributed by atoms with E-state index in [-0.39, 0.29) is 19.6 Å². The first-order chi connectivity index (χ1) is 36.1. The second-order valence-corrected chi connectivity index (χ2v) is 22.7. The number of rotatable bonds is 56. The van der Waals surface area contributed by atoms with Crippen LogP contribution in [0.1, 0.15) is 296 Å². The van der Waals surface area contributed by atoms with Crippen molar-refractivity contribution in [1.29, 1.82) is 0 Å². The van der Waals surface area contributed by atoms with Crippen molar-refractivity contribution in [3.8, 4) is 0 Å². The second-order valence-electron chi connectivity index (χ2n) is 21.7. The van der Waals surface area contributed by atoms with Gasteiger partial charge < -0.3 is 34.3 Å². The van der Waals surface area contributed by atoms with Crippen LogP contribution in [0.4, 0.5) is 0 Å². The summed E-state index contributed by atoms with van der Waals surface area (Å²) < 4.78 is 59.5. The fraction of sp³-hybridized carbons (Fsp3) is 0.918. The zero-order chi connectivity index (χ0) is 53.8. The Bertz CT molecular complexity index is 1380. The molecule has 12 nitrogen and oxygen atoms in total. The number of hydrogen-bond acceptors (Lipinski definition) is 11. The fourth-order valence-electron chi connectivity index (χ4n) is 9.88. The van der Waals surface area contributed by atoms with Gasteiger partial charge in [-0.1, -0.05) is 269 Å². The summed E-state index contributed by atoms with van der Waals surface area (Å²) in [6.45, 7) is 4.05. The molecule has 6 unspecified atom stereocenters. The largest absolute Gasteiger partial charge is 0.457 e. The normalized spacial score (nSPS) is 18.8. The van der Waals surface area contributed by atoms with Gasteiger partial charge in [-0.2, -0.15) is 8.42 Å². The van der Waals surface area contributed by atoms with Crippen molar-refractivity contribution in [2.45, 2.75) is 333 Å². The third-order valence-electron chi connectivity index (χ3n) is 14.6. The van der Waals surface area contributed by atoms with Gasteiger partial charge in [-0.05, 0) is 44.9 Å². The number of allylic oxidation sites excluding steroid dienone is 4. The molecule has 0 amide bonds. The average Bonchev–Trinajstić information content (AvgIpc) is 3.38. The Morgan fingerprint density at radius 1 is 0.514 bits per heavy atom. The van der Waals surface area contributed by atoms with Crippen LogP contribution < -0.4 is 0 Å². The molecule has 0 spiro atoms. The molecule has 1 heterocycles. The molecular weight excluding hydrogens is 957 g/mol. The van der Waals surface area contributed by atoms with Crippen LogP contribution in [0.15, 0.2) is 24.3 Å². The van der Waals surface area contributed by atoms with Gasteiger partial charge in [0.05, 0.1) is 19.8 Å². The minimum atomic E-state index is -5.07. The monoisotopic (exact) mass is 1070 g/mol. The smallest absolute Gasteiger partial charge is 0.397 e. The summed E-state index contributed by atoms with van der Waals surface area (Å²) in [6, 6.07) is 0. The molecule has 13 heteroatoms. The minimum absolute atomic E-state index is 0.0413. The average molecular weight is 1070 g/mol. The van der Waals surface area contributed by atoms with Gasteiger partial charge >= 0.3 is 16.4 Å². The molecule has 1 aliphatic heterocycles. The van der Waals surface area contributed by atoms with E-state index in [0.717, 1.165) is 44.9 Å². The van der Waals surface area contributed by atoms with E-state index in [9.17, 15) is 33.1 Å². The predicted octanol–water partition coefficient (Wildman–Crippen LogP) is 15.9. The molecular formula is C61H116O12S. The van der Waals surface area contributed by atoms with Gasteiger partial charge in [0.1, 0.15) is 30.5 Å². The lowest BCUT2D eigenvalue weighted by molar-refractivity contribution is -0.301. The molecule has 6 atom stereocenters. The van der Waals surface area contributed by atoms with Crippen molar-refractivity contribution < 1.29 is 56.2 Å². The molecule has 0 aliphatic carbocycles. The van der Waals surface area contributed by atoms with E-state index in [1.54, 1.807) is 0 Å². The Morgan fingerprint density at radius 3 is 1.28 bits per heavy atom. The second kappa shape index (κ2) is 52.3. The first kappa shape index (κ1) is 70.6. The molecule has 438 valence electrons. The van der Waals surface area contributed by atoms with E-state index in [4.69, 9.17) is 18.9 Å². The van der Waals surface area contributed by atoms with Gasteiger partial charge in [0.15, 0.2) is 6.29 Å². The lowest BCUT2D eigenvalue weighted by Crippen LogP contribution is -2.60. The summed E-state index contributed by atoms with van der Waals surface area (Å²) >= 11 is 0. The summed E-state index contributed by atoms with van der Waals surface area (Å²) in [4.78, 5) is 13.0. The van der Waals surface area contributed by atoms with E-state index in [2.05, 4.69) is 42.3 Å². The van der Waals surface area contributed by atoms with E-state index in [1.807, 2.05) is 0 Å². The van der Waals surface area contributed by atoms with Crippen molar-refractivity contribution in [2.75, 3.05) is 26.4 Å². The molecule has 74 heavy (non-hydrogen) atoms. The maximum Gasteiger partial charge on any atom is 0.397 e. The Hall–Kier alpha value is -1.42. The molecule has 0 aromatic heterocycles. The van der Waals surface area contributed by atoms with E-state index < -0.39 is 59.8 Å². The van der Waals surface area contributed by atoms with Crippen molar-refractivity contribution >= 4 is 16.4 Å². The first-order valence-electron chi connectivity index (χ1n) is 31.1. The third kappa shape index (κ3) is 44.5. The lowest BCUT2D eigenvalue weighted by atomic mass is 9.99. The highest BCUT2D eigenvalue weighted by Crippen LogP contribution is 2.26. The highest BCUT2D eigenvalue weighted by Gasteiger charge is 2.48. The van der Waals surface area contributed by atoms with E-state index >= 15 is 0 Å². The van der Waals surface area contributed by atoms with E-state index in [1.165, 1.54) is 225 Å². The van der Waals surface area contributed by atoms with Crippen LogP contribution in [0.2, 0.25) is 0 Å². The molecule has 0 saturated carbocycles. The number of hydrogen-bond donors (Lipinski definition) is 4. The number of aliphatic hydroxyl groups is 3. The summed E-state index contributed by atoms with van der Waals surface area (Å²) in [6.07, 6.45) is 55.1. The maximum absolute atomic E-state index is 13.0. The molecule has 1 aliphatic rings. The molecule has 4 N–H and O–H groups in total. The quantitative estimate of drug-likeness (QED) is 0.0196. The molecule has 1 fully saturated rings. The Kier molecular flexibility index (Phi) is 49.9. The molecule has 0 bridgehead atoms. The van der Waals surface area contributed by atoms with Crippen molar-refractivity contribution in [1.82, 2.24) is 0 Å². The zero-order valence-electron chi connectivity index (χ0n) is 47.7. The van der Waals surface area contributed by atoms with Crippen LogP contribution in [0.25, 0.3) is 0 Å². The van der Waals surface area contributed by atoms with Gasteiger partial charge in [0, 0.05) is 13.0 Å². The number of esters is 1. The third-order valence-corrected chi connectivity index (χ3v) is 15.0. The van der Waals surface area contributed by atoms with Crippen molar-refractivity contribution in [3.05, 3.63) is 24.3 Å². The van der Waals surface area contributed by atoms with Gasteiger partial charge in [-0.3, -0.25) is 9.35 Å². The van der Waals surface area contributed by atoms with Gasteiger partial charge in [-0.15, -0.1) is 0 Å². The van der Waals surface area contributed by atoms with Crippen LogP contribution in [-0.2, 0) is 38.3 Å². The Labute approximate surface area is 454 Å². The zero-order valence-corrected chi connectivity index (χ0v) is 48.5. The maximum atomic E-state index is 13.0. The number of unbranched alkanes of at least 4 members (excludes halogenated alkanes) is 39. The number of ether oxygens (including phenoxy) is 4. The topological polar surface area (TPSA) is 178 Å².